The van der Waals surface area contributed by atoms with Gasteiger partial charge in [0.1, 0.15) is 42.3 Å². The van der Waals surface area contributed by atoms with Crippen LogP contribution >= 0.6 is 7.87 Å². The topological polar surface area (TPSA) is 234 Å². The molecule has 0 saturated carbocycles. The summed E-state index contributed by atoms with van der Waals surface area (Å²) in [5.74, 6) is -2.08. The number of aromatic nitrogens is 4. The van der Waals surface area contributed by atoms with Crippen LogP contribution in [0.3, 0.4) is 0 Å². The molecule has 0 radical (unpaired) electrons. The number of nitriles is 1. The van der Waals surface area contributed by atoms with E-state index < -0.39 is 87.4 Å². The zero-order chi connectivity index (χ0) is 52.4. The van der Waals surface area contributed by atoms with E-state index in [1.807, 2.05) is 82.3 Å². The van der Waals surface area contributed by atoms with E-state index in [0.29, 0.717) is 28.2 Å². The molecule has 23 heteroatoms. The molecule has 2 aromatic heterocycles. The van der Waals surface area contributed by atoms with Crippen molar-refractivity contribution in [1.29, 1.82) is 5.26 Å². The first-order chi connectivity index (χ1) is 34.3. The summed E-state index contributed by atoms with van der Waals surface area (Å²) in [6.07, 6.45) is -9.23. The summed E-state index contributed by atoms with van der Waals surface area (Å²) < 4.78 is 86.6. The molecule has 1 aliphatic heterocycles. The Morgan fingerprint density at radius 2 is 1.53 bits per heavy atom. The van der Waals surface area contributed by atoms with Gasteiger partial charge in [-0.2, -0.15) is 27.9 Å². The molecule has 3 heterocycles. The van der Waals surface area contributed by atoms with Crippen molar-refractivity contribution in [2.45, 2.75) is 96.4 Å². The number of H-pyrrole nitrogens is 1. The summed E-state index contributed by atoms with van der Waals surface area (Å²) in [5, 5.41) is 14.3. The van der Waals surface area contributed by atoms with Crippen molar-refractivity contribution in [1.82, 2.24) is 29.5 Å². The summed E-state index contributed by atoms with van der Waals surface area (Å²) in [7, 11) is -0.716. The Bertz CT molecular complexity index is 2630. The first-order valence-electron chi connectivity index (χ1n) is 23.2. The van der Waals surface area contributed by atoms with E-state index in [1.54, 1.807) is 62.3 Å². The minimum Gasteiger partial charge on any atom is -0.497 e. The molecule has 0 spiro atoms. The van der Waals surface area contributed by atoms with Gasteiger partial charge in [0, 0.05) is 24.5 Å². The quantitative estimate of drug-likeness (QED) is 0.0214. The lowest BCUT2D eigenvalue weighted by Gasteiger charge is -2.39. The third-order valence-corrected chi connectivity index (χ3v) is 14.8. The number of ether oxygens (including phenoxy) is 6. The Balaban J connectivity index is 1.53. The van der Waals surface area contributed by atoms with Gasteiger partial charge in [-0.05, 0) is 68.7 Å². The minimum atomic E-state index is -5.11. The van der Waals surface area contributed by atoms with Crippen LogP contribution in [0.2, 0.25) is 0 Å². The molecule has 19 nitrogen and oxygen atoms in total. The summed E-state index contributed by atoms with van der Waals surface area (Å²) in [6.45, 7) is 8.97. The molecule has 0 bridgehead atoms. The van der Waals surface area contributed by atoms with Gasteiger partial charge < -0.3 is 33.7 Å². The zero-order valence-electron chi connectivity index (χ0n) is 41.2. The van der Waals surface area contributed by atoms with E-state index in [0.717, 1.165) is 0 Å². The number of rotatable bonds is 24. The number of nitrogens with one attached hydrogen (secondary N) is 3. The number of hydrogen-bond acceptors (Lipinski definition) is 15. The van der Waals surface area contributed by atoms with Gasteiger partial charge in [-0.3, -0.25) is 29.3 Å². The molecule has 0 aliphatic carbocycles. The van der Waals surface area contributed by atoms with Crippen molar-refractivity contribution in [3.63, 3.8) is 0 Å². The number of hydrogen-bond donors (Lipinski definition) is 4. The number of anilines is 1. The fourth-order valence-electron chi connectivity index (χ4n) is 8.54. The fraction of sp³-hybridized carbons (Fsp3) is 0.469. The lowest BCUT2D eigenvalue weighted by atomic mass is 9.80. The summed E-state index contributed by atoms with van der Waals surface area (Å²) in [4.78, 5) is 62.3. The molecule has 6 rings (SSSR count). The lowest BCUT2D eigenvalue weighted by molar-refractivity contribution is -0.174. The number of carbonyl (C=O) groups excluding carboxylic acids is 2. The number of carbonyl (C=O) groups is 2. The highest BCUT2D eigenvalue weighted by atomic mass is 31.2. The highest BCUT2D eigenvalue weighted by Crippen LogP contribution is 2.64. The van der Waals surface area contributed by atoms with Gasteiger partial charge in [0.15, 0.2) is 23.5 Å². The van der Waals surface area contributed by atoms with Crippen LogP contribution in [-0.4, -0.2) is 124 Å². The molecule has 5 atom stereocenters. The van der Waals surface area contributed by atoms with E-state index in [-0.39, 0.29) is 48.4 Å². The van der Waals surface area contributed by atoms with Gasteiger partial charge >= 0.3 is 20.0 Å². The van der Waals surface area contributed by atoms with Crippen molar-refractivity contribution in [3.05, 3.63) is 112 Å². The lowest BCUT2D eigenvalue weighted by Crippen LogP contribution is -2.45. The normalized spacial score (nSPS) is 18.2. The van der Waals surface area contributed by atoms with E-state index in [4.69, 9.17) is 32.9 Å². The largest absolute Gasteiger partial charge is 0.497 e. The maximum absolute atomic E-state index is 13.5. The third kappa shape index (κ3) is 12.6. The first kappa shape index (κ1) is 55.3. The average Bonchev–Trinajstić information content (AvgIpc) is 3.92. The van der Waals surface area contributed by atoms with Crippen LogP contribution in [0.25, 0.3) is 11.2 Å². The van der Waals surface area contributed by atoms with Crippen LogP contribution < -0.4 is 25.7 Å². The van der Waals surface area contributed by atoms with E-state index in [1.165, 1.54) is 10.9 Å². The number of benzene rings is 3. The molecule has 3 aromatic carbocycles. The van der Waals surface area contributed by atoms with Crippen LogP contribution in [0, 0.1) is 17.2 Å². The van der Waals surface area contributed by atoms with E-state index in [9.17, 15) is 37.7 Å². The summed E-state index contributed by atoms with van der Waals surface area (Å²) >= 11 is 0. The van der Waals surface area contributed by atoms with Crippen molar-refractivity contribution in [3.8, 4) is 17.6 Å². The number of alkyl halides is 3. The summed E-state index contributed by atoms with van der Waals surface area (Å²) in [5.41, 5.74) is -0.236. The second kappa shape index (κ2) is 24.1. The van der Waals surface area contributed by atoms with Crippen LogP contribution in [0.4, 0.5) is 19.1 Å². The Hall–Kier alpha value is -6.02. The highest BCUT2D eigenvalue weighted by Gasteiger charge is 2.59. The standard InChI is InChI=1S/C49H60F3N8O11P/c1-30(2)43(61)57-47-56-42-39(44(62)58-47)55-28-59(42)45-41(68-29-67-25-24-54-46(63)49(50,51)52)40(71-72(64,26-12-23-53)60(31(3)4)32(5)6)38(70-45)27-69-48(33-13-10-9-11-14-33,34-15-19-36(65-7)20-16-34)35-17-21-37(66-8)22-18-35/h9-11,13-22,28,30-32,38,40-41,45,64H,12,24-27,29H2,1-8H3,(H2-,54,56,57,58,61,62,63)/p+1/t38-,40-,41-,45-,72?/m1/s1. The maximum Gasteiger partial charge on any atom is 0.471 e. The Morgan fingerprint density at radius 3 is 2.07 bits per heavy atom. The van der Waals surface area contributed by atoms with E-state index >= 15 is 0 Å². The van der Waals surface area contributed by atoms with Gasteiger partial charge in [0.05, 0.1) is 46.3 Å². The molecule has 1 unspecified atom stereocenters. The van der Waals surface area contributed by atoms with Gasteiger partial charge in [0.2, 0.25) is 11.9 Å². The highest BCUT2D eigenvalue weighted by molar-refractivity contribution is 7.63. The maximum atomic E-state index is 13.5. The van der Waals surface area contributed by atoms with Crippen molar-refractivity contribution >= 4 is 36.8 Å². The second-order valence-corrected chi connectivity index (χ2v) is 20.1. The number of halogens is 3. The average molecular weight is 1030 g/mol. The Labute approximate surface area is 415 Å². The van der Waals surface area contributed by atoms with Gasteiger partial charge in [-0.25, -0.2) is 9.88 Å². The molecule has 1 aliphatic rings. The molecule has 1 saturated heterocycles. The predicted octanol–water partition coefficient (Wildman–Crippen LogP) is 6.85. The van der Waals surface area contributed by atoms with Crippen LogP contribution in [0.1, 0.15) is 70.9 Å². The predicted molar refractivity (Wildman–Crippen MR) is 260 cm³/mol. The third-order valence-electron chi connectivity index (χ3n) is 11.8. The Morgan fingerprint density at radius 1 is 0.931 bits per heavy atom. The molecule has 5 aromatic rings. The van der Waals surface area contributed by atoms with E-state index in [2.05, 4.69) is 26.3 Å². The SMILES string of the molecule is COc1ccc(C(OC[C@H]2O[C@@H](n3cnc4c(=O)[nH]c(NC(=O)C(C)C)nc43)[C@H](OCOCCNC(=O)C(F)(F)F)[C@@H]2O[P+](O)(CCC#N)N(C(C)C)C(C)C)(c2ccccc2)c2ccc(OC)cc2)cc1. The number of amides is 2. The number of nitrogens with zero attached hydrogens (tertiary/aromatic N) is 5. The fourth-order valence-corrected chi connectivity index (χ4v) is 11.5. The van der Waals surface area contributed by atoms with Gasteiger partial charge in [-0.15, -0.1) is 4.67 Å². The van der Waals surface area contributed by atoms with Crippen molar-refractivity contribution in [2.24, 2.45) is 5.92 Å². The molecular formula is C49H61F3N8O11P+. The molecular weight excluding hydrogens is 965 g/mol. The van der Waals surface area contributed by atoms with Crippen molar-refractivity contribution in [2.75, 3.05) is 52.2 Å². The zero-order valence-corrected chi connectivity index (χ0v) is 42.1. The summed E-state index contributed by atoms with van der Waals surface area (Å²) in [6, 6.07) is 25.6. The Kier molecular flexibility index (Phi) is 18.5. The molecule has 388 valence electrons. The number of imidazole rings is 1. The number of methoxy groups -OCH3 is 2. The number of fused-ring (bicyclic) bond motifs is 1. The second-order valence-electron chi connectivity index (χ2n) is 17.6. The first-order valence-corrected chi connectivity index (χ1v) is 25.0. The monoisotopic (exact) mass is 1030 g/mol. The van der Waals surface area contributed by atoms with Crippen molar-refractivity contribution < 1.29 is 60.6 Å². The molecule has 1 fully saturated rings. The molecule has 4 N–H and O–H groups in total. The minimum absolute atomic E-state index is 0.0527. The van der Waals surface area contributed by atoms with Crippen LogP contribution in [0.5, 0.6) is 11.5 Å². The van der Waals surface area contributed by atoms with Crippen LogP contribution in [0.15, 0.2) is 90.0 Å². The number of aromatic amines is 1. The van der Waals surface area contributed by atoms with Gasteiger partial charge in [0.25, 0.3) is 5.56 Å². The molecule has 2 amide bonds. The smallest absolute Gasteiger partial charge is 0.471 e. The molecule has 72 heavy (non-hydrogen) atoms. The van der Waals surface area contributed by atoms with Crippen LogP contribution in [-0.2, 0) is 38.7 Å². The van der Waals surface area contributed by atoms with Gasteiger partial charge in [-0.1, -0.05) is 68.4 Å².